The molecule has 0 aromatic carbocycles. The van der Waals surface area contributed by atoms with Crippen LogP contribution in [0, 0.1) is 11.8 Å². The van der Waals surface area contributed by atoms with Crippen LogP contribution in [0.1, 0.15) is 27.2 Å². The van der Waals surface area contributed by atoms with Crippen LogP contribution in [0.2, 0.25) is 0 Å². The van der Waals surface area contributed by atoms with Gasteiger partial charge in [-0.15, -0.1) is 0 Å². The summed E-state index contributed by atoms with van der Waals surface area (Å²) < 4.78 is 0. The fourth-order valence-electron chi connectivity index (χ4n) is 1.35. The minimum absolute atomic E-state index is 0.170. The minimum Gasteiger partial charge on any atom is -0.396 e. The van der Waals surface area contributed by atoms with Crippen LogP contribution in [0.4, 0.5) is 0 Å². The van der Waals surface area contributed by atoms with Crippen LogP contribution in [0.5, 0.6) is 0 Å². The molecule has 0 aromatic rings. The van der Waals surface area contributed by atoms with Crippen LogP contribution < -0.4 is 0 Å². The van der Waals surface area contributed by atoms with Crippen LogP contribution >= 0.6 is 0 Å². The van der Waals surface area contributed by atoms with Gasteiger partial charge in [0.25, 0.3) is 0 Å². The average molecular weight is 146 g/mol. The topological polar surface area (TPSA) is 40.5 Å². The molecule has 62 valence electrons. The molecule has 0 rings (SSSR count). The normalized spacial score (nSPS) is 20.1. The molecule has 10 heavy (non-hydrogen) atoms. The summed E-state index contributed by atoms with van der Waals surface area (Å²) in [5.41, 5.74) is 0. The summed E-state index contributed by atoms with van der Waals surface area (Å²) >= 11 is 0. The van der Waals surface area contributed by atoms with Crippen molar-refractivity contribution in [1.82, 2.24) is 0 Å². The Hall–Kier alpha value is -0.0800. The molecule has 0 spiro atoms. The fraction of sp³-hybridized carbons (Fsp3) is 1.00. The number of hydrogen-bond donors (Lipinski definition) is 2. The molecular weight excluding hydrogens is 128 g/mol. The second-order valence-electron chi connectivity index (χ2n) is 2.97. The Labute approximate surface area is 62.9 Å². The molecule has 0 aliphatic carbocycles. The first-order valence-electron chi connectivity index (χ1n) is 3.92. The molecule has 0 radical (unpaired) electrons. The van der Waals surface area contributed by atoms with Crippen LogP contribution in [0.3, 0.4) is 0 Å². The summed E-state index contributed by atoms with van der Waals surface area (Å²) in [6.45, 7) is 5.94. The van der Waals surface area contributed by atoms with E-state index < -0.39 is 0 Å². The van der Waals surface area contributed by atoms with Crippen molar-refractivity contribution in [3.63, 3.8) is 0 Å². The Morgan fingerprint density at radius 3 is 1.90 bits per heavy atom. The number of rotatable bonds is 4. The zero-order chi connectivity index (χ0) is 8.15. The van der Waals surface area contributed by atoms with Gasteiger partial charge in [-0.1, -0.05) is 20.3 Å². The zero-order valence-corrected chi connectivity index (χ0v) is 7.04. The number of aliphatic hydroxyl groups excluding tert-OH is 2. The van der Waals surface area contributed by atoms with Gasteiger partial charge in [0.2, 0.25) is 0 Å². The molecule has 0 aliphatic heterocycles. The Kier molecular flexibility index (Phi) is 4.65. The standard InChI is InChI=1S/C8H18O2/c1-4-8(7(3)10)6(2)5-9/h6-10H,4-5H2,1-3H3. The quantitative estimate of drug-likeness (QED) is 0.621. The Morgan fingerprint density at radius 2 is 1.80 bits per heavy atom. The Bertz CT molecular complexity index is 81.3. The predicted octanol–water partition coefficient (Wildman–Crippen LogP) is 1.02. The van der Waals surface area contributed by atoms with Crippen molar-refractivity contribution in [3.8, 4) is 0 Å². The van der Waals surface area contributed by atoms with Crippen LogP contribution in [-0.4, -0.2) is 22.9 Å². The van der Waals surface area contributed by atoms with E-state index in [-0.39, 0.29) is 24.5 Å². The molecule has 0 bridgehead atoms. The third-order valence-electron chi connectivity index (χ3n) is 2.11. The summed E-state index contributed by atoms with van der Waals surface area (Å²) in [4.78, 5) is 0. The molecule has 0 saturated carbocycles. The number of hydrogen-bond acceptors (Lipinski definition) is 2. The monoisotopic (exact) mass is 146 g/mol. The molecule has 0 saturated heterocycles. The maximum atomic E-state index is 9.20. The highest BCUT2D eigenvalue weighted by Gasteiger charge is 2.18. The SMILES string of the molecule is CCC(C(C)O)C(C)CO. The molecular formula is C8H18O2. The third-order valence-corrected chi connectivity index (χ3v) is 2.11. The zero-order valence-electron chi connectivity index (χ0n) is 7.04. The van der Waals surface area contributed by atoms with Gasteiger partial charge in [0.15, 0.2) is 0 Å². The van der Waals surface area contributed by atoms with Crippen LogP contribution in [0.15, 0.2) is 0 Å². The lowest BCUT2D eigenvalue weighted by molar-refractivity contribution is 0.0650. The van der Waals surface area contributed by atoms with Crippen molar-refractivity contribution in [2.45, 2.75) is 33.3 Å². The van der Waals surface area contributed by atoms with E-state index in [2.05, 4.69) is 0 Å². The van der Waals surface area contributed by atoms with E-state index in [1.807, 2.05) is 13.8 Å². The molecule has 0 aliphatic rings. The molecule has 3 atom stereocenters. The van der Waals surface area contributed by atoms with Crippen molar-refractivity contribution < 1.29 is 10.2 Å². The smallest absolute Gasteiger partial charge is 0.0543 e. The Balaban J connectivity index is 3.80. The Morgan fingerprint density at radius 1 is 1.30 bits per heavy atom. The maximum Gasteiger partial charge on any atom is 0.0543 e. The highest BCUT2D eigenvalue weighted by atomic mass is 16.3. The average Bonchev–Trinajstić information content (AvgIpc) is 1.88. The van der Waals surface area contributed by atoms with Gasteiger partial charge in [-0.3, -0.25) is 0 Å². The summed E-state index contributed by atoms with van der Waals surface area (Å²) in [5, 5.41) is 18.0. The minimum atomic E-state index is -0.299. The van der Waals surface area contributed by atoms with Gasteiger partial charge < -0.3 is 10.2 Å². The summed E-state index contributed by atoms with van der Waals surface area (Å²) in [5.74, 6) is 0.454. The third kappa shape index (κ3) is 2.67. The van der Waals surface area contributed by atoms with Gasteiger partial charge in [-0.2, -0.15) is 0 Å². The molecule has 3 unspecified atom stereocenters. The van der Waals surface area contributed by atoms with Gasteiger partial charge in [0.05, 0.1) is 6.10 Å². The maximum absolute atomic E-state index is 9.20. The van der Waals surface area contributed by atoms with Crippen LogP contribution in [0.25, 0.3) is 0 Å². The summed E-state index contributed by atoms with van der Waals surface area (Å²) in [6, 6.07) is 0. The van der Waals surface area contributed by atoms with Gasteiger partial charge in [0, 0.05) is 6.61 Å². The second kappa shape index (κ2) is 4.69. The van der Waals surface area contributed by atoms with Crippen molar-refractivity contribution >= 4 is 0 Å². The van der Waals surface area contributed by atoms with Crippen molar-refractivity contribution in [2.75, 3.05) is 6.61 Å². The second-order valence-corrected chi connectivity index (χ2v) is 2.97. The van der Waals surface area contributed by atoms with Crippen molar-refractivity contribution in [3.05, 3.63) is 0 Å². The first kappa shape index (κ1) is 9.92. The van der Waals surface area contributed by atoms with Gasteiger partial charge in [-0.05, 0) is 18.8 Å². The lowest BCUT2D eigenvalue weighted by Gasteiger charge is -2.23. The molecule has 0 amide bonds. The van der Waals surface area contributed by atoms with Crippen LogP contribution in [-0.2, 0) is 0 Å². The van der Waals surface area contributed by atoms with Gasteiger partial charge in [-0.25, -0.2) is 0 Å². The molecule has 2 N–H and O–H groups in total. The van der Waals surface area contributed by atoms with Crippen molar-refractivity contribution in [2.24, 2.45) is 11.8 Å². The van der Waals surface area contributed by atoms with E-state index in [1.54, 1.807) is 6.92 Å². The lowest BCUT2D eigenvalue weighted by atomic mass is 9.88. The molecule has 0 aromatic heterocycles. The van der Waals surface area contributed by atoms with E-state index in [0.29, 0.717) is 0 Å². The van der Waals surface area contributed by atoms with E-state index in [4.69, 9.17) is 5.11 Å². The summed E-state index contributed by atoms with van der Waals surface area (Å²) in [7, 11) is 0. The number of aliphatic hydroxyl groups is 2. The molecule has 2 nitrogen and oxygen atoms in total. The van der Waals surface area contributed by atoms with Crippen molar-refractivity contribution in [1.29, 1.82) is 0 Å². The van der Waals surface area contributed by atoms with E-state index in [9.17, 15) is 5.11 Å². The molecule has 2 heteroatoms. The highest BCUT2D eigenvalue weighted by Crippen LogP contribution is 2.18. The van der Waals surface area contributed by atoms with Gasteiger partial charge >= 0.3 is 0 Å². The predicted molar refractivity (Wildman–Crippen MR) is 41.7 cm³/mol. The first-order chi connectivity index (χ1) is 4.63. The van der Waals surface area contributed by atoms with E-state index in [0.717, 1.165) is 6.42 Å². The van der Waals surface area contributed by atoms with E-state index >= 15 is 0 Å². The first-order valence-corrected chi connectivity index (χ1v) is 3.92. The fourth-order valence-corrected chi connectivity index (χ4v) is 1.35. The van der Waals surface area contributed by atoms with Gasteiger partial charge in [0.1, 0.15) is 0 Å². The van der Waals surface area contributed by atoms with E-state index in [1.165, 1.54) is 0 Å². The molecule has 0 heterocycles. The molecule has 0 fully saturated rings. The lowest BCUT2D eigenvalue weighted by Crippen LogP contribution is -2.25. The summed E-state index contributed by atoms with van der Waals surface area (Å²) in [6.07, 6.45) is 0.631. The largest absolute Gasteiger partial charge is 0.396 e. The highest BCUT2D eigenvalue weighted by molar-refractivity contribution is 4.68.